The van der Waals surface area contributed by atoms with Gasteiger partial charge in [0.15, 0.2) is 11.5 Å². The van der Waals surface area contributed by atoms with Gasteiger partial charge in [-0.05, 0) is 55.8 Å². The third kappa shape index (κ3) is 4.23. The second kappa shape index (κ2) is 9.26. The quantitative estimate of drug-likeness (QED) is 0.395. The van der Waals surface area contributed by atoms with Crippen molar-refractivity contribution >= 4 is 33.1 Å². The first-order valence-corrected chi connectivity index (χ1v) is 12.5. The molecule has 8 heteroatoms. The summed E-state index contributed by atoms with van der Waals surface area (Å²) in [6, 6.07) is 16.6. The molecular formula is C27H30N4O3S. The molecule has 1 aliphatic rings. The summed E-state index contributed by atoms with van der Waals surface area (Å²) in [7, 11) is 5.16. The molecule has 1 amide bonds. The van der Waals surface area contributed by atoms with E-state index in [4.69, 9.17) is 14.6 Å². The van der Waals surface area contributed by atoms with E-state index < -0.39 is 0 Å². The molecule has 0 radical (unpaired) electrons. The van der Waals surface area contributed by atoms with Crippen LogP contribution >= 0.6 is 11.3 Å². The van der Waals surface area contributed by atoms with Gasteiger partial charge >= 0.3 is 0 Å². The Bertz CT molecular complexity index is 1390. The Labute approximate surface area is 209 Å². The number of aromatic nitrogens is 2. The second-order valence-electron chi connectivity index (χ2n) is 9.00. The molecular weight excluding hydrogens is 460 g/mol. The van der Waals surface area contributed by atoms with Crippen LogP contribution in [0.4, 0.5) is 5.69 Å². The Kier molecular flexibility index (Phi) is 6.15. The zero-order valence-corrected chi connectivity index (χ0v) is 21.6. The highest BCUT2D eigenvalue weighted by Gasteiger charge is 2.29. The molecule has 0 N–H and O–H groups in total. The number of hydrogen-bond acceptors (Lipinski definition) is 6. The van der Waals surface area contributed by atoms with Crippen molar-refractivity contribution < 1.29 is 14.3 Å². The Hall–Kier alpha value is -3.52. The number of benzene rings is 2. The maximum atomic E-state index is 13.5. The largest absolute Gasteiger partial charge is 0.493 e. The summed E-state index contributed by atoms with van der Waals surface area (Å²) < 4.78 is 12.7. The van der Waals surface area contributed by atoms with Crippen molar-refractivity contribution in [3.63, 3.8) is 0 Å². The van der Waals surface area contributed by atoms with Crippen LogP contribution in [0.1, 0.15) is 22.2 Å². The first-order valence-electron chi connectivity index (χ1n) is 11.7. The number of amides is 1. The molecule has 0 unspecified atom stereocenters. The van der Waals surface area contributed by atoms with Gasteiger partial charge in [-0.25, -0.2) is 0 Å². The first kappa shape index (κ1) is 23.2. The molecule has 1 saturated heterocycles. The van der Waals surface area contributed by atoms with Crippen LogP contribution in [0.15, 0.2) is 48.5 Å². The van der Waals surface area contributed by atoms with Gasteiger partial charge in [0.2, 0.25) is 0 Å². The molecule has 3 heterocycles. The number of rotatable bonds is 5. The van der Waals surface area contributed by atoms with Gasteiger partial charge in [0.1, 0.15) is 10.5 Å². The predicted octanol–water partition coefficient (Wildman–Crippen LogP) is 4.98. The molecule has 0 saturated carbocycles. The summed E-state index contributed by atoms with van der Waals surface area (Å²) in [5.41, 5.74) is 4.22. The average molecular weight is 491 g/mol. The smallest absolute Gasteiger partial charge is 0.264 e. The highest BCUT2D eigenvalue weighted by Crippen LogP contribution is 2.38. The number of fused-ring (bicyclic) bond motifs is 1. The van der Waals surface area contributed by atoms with Crippen LogP contribution in [0, 0.1) is 6.92 Å². The lowest BCUT2D eigenvalue weighted by Gasteiger charge is -2.41. The van der Waals surface area contributed by atoms with Crippen molar-refractivity contribution in [1.29, 1.82) is 0 Å². The van der Waals surface area contributed by atoms with Crippen LogP contribution in [0.2, 0.25) is 0 Å². The lowest BCUT2D eigenvalue weighted by Crippen LogP contribution is -2.53. The van der Waals surface area contributed by atoms with E-state index in [1.54, 1.807) is 14.2 Å². The van der Waals surface area contributed by atoms with Crippen LogP contribution in [-0.4, -0.2) is 60.5 Å². The van der Waals surface area contributed by atoms with E-state index >= 15 is 0 Å². The maximum Gasteiger partial charge on any atom is 0.264 e. The molecule has 7 nitrogen and oxygen atoms in total. The minimum absolute atomic E-state index is 0.0835. The van der Waals surface area contributed by atoms with Crippen LogP contribution in [0.5, 0.6) is 11.5 Å². The molecule has 0 aliphatic carbocycles. The van der Waals surface area contributed by atoms with Gasteiger partial charge in [-0.15, -0.1) is 11.3 Å². The van der Waals surface area contributed by atoms with Crippen molar-refractivity contribution in [3.05, 3.63) is 59.0 Å². The molecule has 0 bridgehead atoms. The van der Waals surface area contributed by atoms with Crippen molar-refractivity contribution in [2.24, 2.45) is 7.05 Å². The minimum atomic E-state index is 0.0835. The van der Waals surface area contributed by atoms with Crippen LogP contribution in [-0.2, 0) is 7.05 Å². The number of carbonyl (C=O) groups is 1. The van der Waals surface area contributed by atoms with E-state index in [-0.39, 0.29) is 11.9 Å². The van der Waals surface area contributed by atoms with E-state index in [1.165, 1.54) is 22.6 Å². The fraction of sp³-hybridized carbons (Fsp3) is 0.333. The highest BCUT2D eigenvalue weighted by atomic mass is 32.1. The van der Waals surface area contributed by atoms with E-state index in [2.05, 4.69) is 43.0 Å². The zero-order valence-electron chi connectivity index (χ0n) is 20.7. The van der Waals surface area contributed by atoms with Gasteiger partial charge in [0.25, 0.3) is 5.91 Å². The number of aryl methyl sites for hydroxylation is 2. The van der Waals surface area contributed by atoms with Crippen molar-refractivity contribution in [1.82, 2.24) is 14.7 Å². The fourth-order valence-corrected chi connectivity index (χ4v) is 5.87. The standard InChI is InChI=1S/C27H30N4O3S/c1-17-7-6-8-20(13-17)31-12-11-30(16-18(31)2)26(32)24-15-21-25(28-29(3)27(21)35-24)19-9-10-22(33-4)23(14-19)34-5/h6-10,13-15,18H,11-12,16H2,1-5H3/t18-/m0/s1. The Morgan fingerprint density at radius 2 is 1.86 bits per heavy atom. The minimum Gasteiger partial charge on any atom is -0.493 e. The molecule has 35 heavy (non-hydrogen) atoms. The number of ether oxygens (including phenoxy) is 2. The summed E-state index contributed by atoms with van der Waals surface area (Å²) >= 11 is 1.50. The third-order valence-electron chi connectivity index (χ3n) is 6.63. The van der Waals surface area contributed by atoms with E-state index in [9.17, 15) is 4.79 Å². The molecule has 0 spiro atoms. The van der Waals surface area contributed by atoms with Gasteiger partial charge in [-0.3, -0.25) is 9.48 Å². The van der Waals surface area contributed by atoms with E-state index in [1.807, 2.05) is 40.9 Å². The molecule has 1 fully saturated rings. The lowest BCUT2D eigenvalue weighted by molar-refractivity contribution is 0.0731. The average Bonchev–Trinajstić information content (AvgIpc) is 3.43. The number of hydrogen-bond donors (Lipinski definition) is 0. The summed E-state index contributed by atoms with van der Waals surface area (Å²) in [5, 5.41) is 5.70. The fourth-order valence-electron chi connectivity index (χ4n) is 4.83. The van der Waals surface area contributed by atoms with Crippen LogP contribution in [0.25, 0.3) is 21.5 Å². The van der Waals surface area contributed by atoms with Gasteiger partial charge in [0.05, 0.1) is 19.1 Å². The molecule has 1 atom stereocenters. The second-order valence-corrected chi connectivity index (χ2v) is 10.0. The monoisotopic (exact) mass is 490 g/mol. The number of thiophene rings is 1. The first-order chi connectivity index (χ1) is 16.9. The molecule has 2 aromatic carbocycles. The summed E-state index contributed by atoms with van der Waals surface area (Å²) in [5.74, 6) is 1.40. The third-order valence-corrected chi connectivity index (χ3v) is 7.82. The van der Waals surface area contributed by atoms with Crippen LogP contribution < -0.4 is 14.4 Å². The molecule has 1 aliphatic heterocycles. The van der Waals surface area contributed by atoms with Crippen molar-refractivity contribution in [2.75, 3.05) is 38.8 Å². The van der Waals surface area contributed by atoms with Gasteiger partial charge in [-0.2, -0.15) is 5.10 Å². The summed E-state index contributed by atoms with van der Waals surface area (Å²) in [4.78, 5) is 19.6. The Morgan fingerprint density at radius 3 is 2.57 bits per heavy atom. The van der Waals surface area contributed by atoms with Gasteiger partial charge in [-0.1, -0.05) is 12.1 Å². The number of carbonyl (C=O) groups excluding carboxylic acids is 1. The normalized spacial score (nSPS) is 16.1. The van der Waals surface area contributed by atoms with Gasteiger partial charge in [0, 0.05) is 49.4 Å². The molecule has 4 aromatic rings. The van der Waals surface area contributed by atoms with Crippen molar-refractivity contribution in [2.45, 2.75) is 19.9 Å². The Morgan fingerprint density at radius 1 is 1.06 bits per heavy atom. The number of nitrogens with zero attached hydrogens (tertiary/aromatic N) is 4. The van der Waals surface area contributed by atoms with Crippen molar-refractivity contribution in [3.8, 4) is 22.8 Å². The predicted molar refractivity (Wildman–Crippen MR) is 141 cm³/mol. The number of methoxy groups -OCH3 is 2. The topological polar surface area (TPSA) is 59.8 Å². The maximum absolute atomic E-state index is 13.5. The number of piperazine rings is 1. The SMILES string of the molecule is COc1ccc(-c2nn(C)c3sc(C(=O)N4CCN(c5cccc(C)c5)[C@@H](C)C4)cc23)cc1OC. The molecule has 5 rings (SSSR count). The highest BCUT2D eigenvalue weighted by molar-refractivity contribution is 7.20. The Balaban J connectivity index is 1.40. The van der Waals surface area contributed by atoms with Crippen LogP contribution in [0.3, 0.4) is 0 Å². The van der Waals surface area contributed by atoms with E-state index in [0.717, 1.165) is 32.9 Å². The molecule has 182 valence electrons. The molecule has 2 aromatic heterocycles. The zero-order chi connectivity index (χ0) is 24.7. The summed E-state index contributed by atoms with van der Waals surface area (Å²) in [6.07, 6.45) is 0. The van der Waals surface area contributed by atoms with E-state index in [0.29, 0.717) is 24.6 Å². The van der Waals surface area contributed by atoms with Gasteiger partial charge < -0.3 is 19.3 Å². The number of anilines is 1. The lowest BCUT2D eigenvalue weighted by atomic mass is 10.1. The summed E-state index contributed by atoms with van der Waals surface area (Å²) in [6.45, 7) is 6.51.